The summed E-state index contributed by atoms with van der Waals surface area (Å²) in [5, 5.41) is 0. The Hall–Kier alpha value is -2.77. The van der Waals surface area contributed by atoms with Crippen molar-refractivity contribution in [2.45, 2.75) is 39.0 Å². The topological polar surface area (TPSA) is 65.7 Å². The summed E-state index contributed by atoms with van der Waals surface area (Å²) in [6.45, 7) is 3.30. The number of alkyl halides is 3. The molecule has 1 aromatic carbocycles. The number of methoxy groups -OCH3 is 1. The van der Waals surface area contributed by atoms with E-state index in [-0.39, 0.29) is 34.0 Å². The van der Waals surface area contributed by atoms with E-state index in [1.807, 2.05) is 6.92 Å². The van der Waals surface area contributed by atoms with Crippen LogP contribution in [0.4, 0.5) is 13.2 Å². The zero-order chi connectivity index (χ0) is 19.9. The number of hydrogen-bond donors (Lipinski definition) is 0. The van der Waals surface area contributed by atoms with Crippen molar-refractivity contribution in [1.29, 1.82) is 0 Å². The molecule has 0 aliphatic carbocycles. The average molecular weight is 382 g/mol. The van der Waals surface area contributed by atoms with E-state index in [0.29, 0.717) is 12.8 Å². The van der Waals surface area contributed by atoms with E-state index in [4.69, 9.17) is 9.15 Å². The number of fused-ring (bicyclic) bond motifs is 3. The fourth-order valence-corrected chi connectivity index (χ4v) is 3.08. The molecule has 0 amide bonds. The highest BCUT2D eigenvalue weighted by atomic mass is 19.4. The first-order valence-electron chi connectivity index (χ1n) is 8.33. The molecule has 0 spiro atoms. The Morgan fingerprint density at radius 2 is 2.00 bits per heavy atom. The van der Waals surface area contributed by atoms with Crippen LogP contribution < -0.4 is 10.2 Å². The first kappa shape index (κ1) is 19.0. The molecule has 0 fully saturated rings. The first-order chi connectivity index (χ1) is 12.7. The van der Waals surface area contributed by atoms with Crippen LogP contribution in [0.15, 0.2) is 27.4 Å². The molecule has 1 atom stereocenters. The largest absolute Gasteiger partial charge is 0.485 e. The molecule has 1 aromatic heterocycles. The number of halogens is 3. The van der Waals surface area contributed by atoms with Gasteiger partial charge in [-0.25, -0.2) is 4.79 Å². The van der Waals surface area contributed by atoms with E-state index in [1.54, 1.807) is 0 Å². The highest BCUT2D eigenvalue weighted by Crippen LogP contribution is 2.45. The van der Waals surface area contributed by atoms with E-state index in [1.165, 1.54) is 13.0 Å². The number of ether oxygens (including phenoxy) is 2. The van der Waals surface area contributed by atoms with Gasteiger partial charge in [-0.1, -0.05) is 13.3 Å². The van der Waals surface area contributed by atoms with Crippen molar-refractivity contribution < 1.29 is 31.9 Å². The molecule has 8 heteroatoms. The second-order valence-electron chi connectivity index (χ2n) is 6.22. The van der Waals surface area contributed by atoms with Gasteiger partial charge in [-0.15, -0.1) is 0 Å². The molecule has 0 bridgehead atoms. The van der Waals surface area contributed by atoms with Crippen LogP contribution in [-0.4, -0.2) is 13.1 Å². The van der Waals surface area contributed by atoms with Crippen molar-refractivity contribution >= 4 is 5.97 Å². The van der Waals surface area contributed by atoms with Gasteiger partial charge in [-0.2, -0.15) is 13.2 Å². The molecule has 3 rings (SSSR count). The van der Waals surface area contributed by atoms with Gasteiger partial charge in [0.2, 0.25) is 5.76 Å². The minimum absolute atomic E-state index is 0.0411. The quantitative estimate of drug-likeness (QED) is 0.723. The van der Waals surface area contributed by atoms with Gasteiger partial charge in [0.1, 0.15) is 17.6 Å². The maximum atomic E-state index is 13.0. The van der Waals surface area contributed by atoms with Crippen molar-refractivity contribution in [2.24, 2.45) is 0 Å². The summed E-state index contributed by atoms with van der Waals surface area (Å²) in [6.07, 6.45) is -4.26. The van der Waals surface area contributed by atoms with Gasteiger partial charge in [0.05, 0.1) is 23.8 Å². The zero-order valence-corrected chi connectivity index (χ0v) is 14.9. The summed E-state index contributed by atoms with van der Waals surface area (Å²) >= 11 is 0. The third-order valence-electron chi connectivity index (χ3n) is 4.44. The predicted molar refractivity (Wildman–Crippen MR) is 89.8 cm³/mol. The Morgan fingerprint density at radius 3 is 2.59 bits per heavy atom. The fourth-order valence-electron chi connectivity index (χ4n) is 3.08. The highest BCUT2D eigenvalue weighted by molar-refractivity contribution is 5.88. The molecule has 1 aliphatic rings. The molecule has 27 heavy (non-hydrogen) atoms. The lowest BCUT2D eigenvalue weighted by atomic mass is 9.93. The van der Waals surface area contributed by atoms with Crippen LogP contribution in [0, 0.1) is 6.92 Å². The number of esters is 1. The monoisotopic (exact) mass is 382 g/mol. The smallest absolute Gasteiger partial charge is 0.416 e. The minimum atomic E-state index is -4.54. The number of benzene rings is 1. The summed E-state index contributed by atoms with van der Waals surface area (Å²) in [6, 6.07) is 2.93. The van der Waals surface area contributed by atoms with Crippen LogP contribution >= 0.6 is 0 Å². The second-order valence-corrected chi connectivity index (χ2v) is 6.22. The molecule has 1 unspecified atom stereocenters. The van der Waals surface area contributed by atoms with Gasteiger partial charge in [0.25, 0.3) is 0 Å². The molecule has 5 nitrogen and oxygen atoms in total. The standard InChI is InChI=1S/C19H17F3O5/c1-4-5-12-14-15(23)9(2)16(18(24)25-3)27-17(14)11-7-6-10(19(20,21)22)8-13(11)26-12/h6-8,12H,4-5H2,1-3H3. The van der Waals surface area contributed by atoms with Gasteiger partial charge in [-0.3, -0.25) is 4.79 Å². The van der Waals surface area contributed by atoms with Crippen LogP contribution in [0.2, 0.25) is 0 Å². The number of carbonyl (C=O) groups is 1. The van der Waals surface area contributed by atoms with Crippen LogP contribution in [0.5, 0.6) is 5.75 Å². The lowest BCUT2D eigenvalue weighted by molar-refractivity contribution is -0.137. The maximum absolute atomic E-state index is 13.0. The summed E-state index contributed by atoms with van der Waals surface area (Å²) in [5.74, 6) is -1.11. The number of hydrogen-bond acceptors (Lipinski definition) is 5. The third-order valence-corrected chi connectivity index (χ3v) is 4.44. The number of carbonyl (C=O) groups excluding carboxylic acids is 1. The Bertz CT molecular complexity index is 959. The summed E-state index contributed by atoms with van der Waals surface area (Å²) in [4.78, 5) is 24.8. The Labute approximate surface area is 152 Å². The van der Waals surface area contributed by atoms with Gasteiger partial charge in [0, 0.05) is 5.56 Å². The van der Waals surface area contributed by atoms with Crippen LogP contribution in [0.3, 0.4) is 0 Å². The van der Waals surface area contributed by atoms with Gasteiger partial charge >= 0.3 is 12.1 Å². The second kappa shape index (κ2) is 6.75. The molecule has 0 saturated heterocycles. The molecule has 2 aromatic rings. The summed E-state index contributed by atoms with van der Waals surface area (Å²) in [5.41, 5.74) is -0.856. The highest BCUT2D eigenvalue weighted by Gasteiger charge is 2.36. The van der Waals surface area contributed by atoms with Crippen LogP contribution in [0.1, 0.15) is 53.1 Å². The number of rotatable bonds is 3. The van der Waals surface area contributed by atoms with Gasteiger partial charge in [0.15, 0.2) is 5.43 Å². The average Bonchev–Trinajstić information content (AvgIpc) is 2.62. The van der Waals surface area contributed by atoms with Crippen molar-refractivity contribution in [3.05, 3.63) is 50.9 Å². The Morgan fingerprint density at radius 1 is 1.30 bits per heavy atom. The van der Waals surface area contributed by atoms with Gasteiger partial charge in [-0.05, 0) is 31.5 Å². The lowest BCUT2D eigenvalue weighted by Gasteiger charge is -2.28. The molecule has 0 radical (unpaired) electrons. The van der Waals surface area contributed by atoms with E-state index >= 15 is 0 Å². The molecule has 2 heterocycles. The van der Waals surface area contributed by atoms with Crippen molar-refractivity contribution in [2.75, 3.05) is 7.11 Å². The Balaban J connectivity index is 2.29. The SMILES string of the molecule is CCCC1Oc2cc(C(F)(F)F)ccc2-c2oc(C(=O)OC)c(C)c(=O)c21. The van der Waals surface area contributed by atoms with Crippen molar-refractivity contribution in [3.63, 3.8) is 0 Å². The minimum Gasteiger partial charge on any atom is -0.485 e. The summed E-state index contributed by atoms with van der Waals surface area (Å²) < 4.78 is 55.1. The first-order valence-corrected chi connectivity index (χ1v) is 8.33. The molecular formula is C19H17F3O5. The van der Waals surface area contributed by atoms with E-state index < -0.39 is 29.2 Å². The zero-order valence-electron chi connectivity index (χ0n) is 14.9. The molecule has 1 aliphatic heterocycles. The van der Waals surface area contributed by atoms with Crippen LogP contribution in [-0.2, 0) is 10.9 Å². The molecular weight excluding hydrogens is 365 g/mol. The van der Waals surface area contributed by atoms with Crippen LogP contribution in [0.25, 0.3) is 11.3 Å². The normalized spacial score (nSPS) is 15.6. The van der Waals surface area contributed by atoms with Gasteiger partial charge < -0.3 is 13.9 Å². The predicted octanol–water partition coefficient (Wildman–Crippen LogP) is 4.65. The molecule has 144 valence electrons. The lowest BCUT2D eigenvalue weighted by Crippen LogP contribution is -2.26. The summed E-state index contributed by atoms with van der Waals surface area (Å²) in [7, 11) is 1.15. The van der Waals surface area contributed by atoms with E-state index in [2.05, 4.69) is 4.74 Å². The maximum Gasteiger partial charge on any atom is 0.416 e. The fraction of sp³-hybridized carbons (Fsp3) is 0.368. The Kier molecular flexibility index (Phi) is 4.75. The third kappa shape index (κ3) is 3.20. The van der Waals surface area contributed by atoms with Crippen molar-refractivity contribution in [3.8, 4) is 17.1 Å². The van der Waals surface area contributed by atoms with E-state index in [0.717, 1.165) is 19.2 Å². The van der Waals surface area contributed by atoms with E-state index in [9.17, 15) is 22.8 Å². The molecule has 0 N–H and O–H groups in total. The molecule has 0 saturated carbocycles. The van der Waals surface area contributed by atoms with Crippen molar-refractivity contribution in [1.82, 2.24) is 0 Å².